The smallest absolute Gasteiger partial charge is 0.336 e. The number of rotatable bonds is 5. The van der Waals surface area contributed by atoms with Gasteiger partial charge in [-0.15, -0.1) is 0 Å². The minimum absolute atomic E-state index is 0.0668. The molecule has 9 heteroatoms. The number of sulfonamides is 1. The molecule has 1 aromatic carbocycles. The van der Waals surface area contributed by atoms with Gasteiger partial charge in [0, 0.05) is 22.8 Å². The van der Waals surface area contributed by atoms with Crippen molar-refractivity contribution >= 4 is 31.9 Å². The second-order valence-corrected chi connectivity index (χ2v) is 6.50. The van der Waals surface area contributed by atoms with Crippen molar-refractivity contribution in [3.63, 3.8) is 0 Å². The van der Waals surface area contributed by atoms with Gasteiger partial charge < -0.3 is 5.11 Å². The zero-order chi connectivity index (χ0) is 14.8. The predicted octanol–water partition coefficient (Wildman–Crippen LogP) is 1.35. The molecule has 106 valence electrons. The molecule has 7 nitrogen and oxygen atoms in total. The fourth-order valence-electron chi connectivity index (χ4n) is 1.47. The van der Waals surface area contributed by atoms with Crippen molar-refractivity contribution in [2.75, 3.05) is 0 Å². The molecule has 0 fully saturated rings. The van der Waals surface area contributed by atoms with E-state index in [2.05, 4.69) is 30.8 Å². The van der Waals surface area contributed by atoms with Gasteiger partial charge in [-0.05, 0) is 34.1 Å². The Balaban J connectivity index is 2.25. The Morgan fingerprint density at radius 1 is 1.45 bits per heavy atom. The highest BCUT2D eigenvalue weighted by molar-refractivity contribution is 9.10. The highest BCUT2D eigenvalue weighted by Crippen LogP contribution is 2.21. The van der Waals surface area contributed by atoms with Crippen molar-refractivity contribution in [2.45, 2.75) is 11.4 Å². The summed E-state index contributed by atoms with van der Waals surface area (Å²) >= 11 is 3.06. The van der Waals surface area contributed by atoms with Crippen LogP contribution >= 0.6 is 15.9 Å². The molecule has 2 aromatic rings. The van der Waals surface area contributed by atoms with Gasteiger partial charge >= 0.3 is 5.97 Å². The van der Waals surface area contributed by atoms with Gasteiger partial charge in [0.05, 0.1) is 16.7 Å². The number of hydrogen-bond acceptors (Lipinski definition) is 4. The first-order valence-electron chi connectivity index (χ1n) is 5.40. The molecule has 1 heterocycles. The third kappa shape index (κ3) is 3.24. The molecule has 0 spiro atoms. The number of nitrogens with zero attached hydrogens (tertiary/aromatic N) is 1. The molecule has 0 unspecified atom stereocenters. The van der Waals surface area contributed by atoms with Crippen molar-refractivity contribution in [3.8, 4) is 0 Å². The monoisotopic (exact) mass is 359 g/mol. The van der Waals surface area contributed by atoms with Crippen molar-refractivity contribution in [2.24, 2.45) is 0 Å². The number of H-pyrrole nitrogens is 1. The van der Waals surface area contributed by atoms with Gasteiger partial charge in [0.25, 0.3) is 0 Å². The summed E-state index contributed by atoms with van der Waals surface area (Å²) in [6.07, 6.45) is 3.06. The summed E-state index contributed by atoms with van der Waals surface area (Å²) in [5.41, 5.74) is 0.556. The van der Waals surface area contributed by atoms with Crippen LogP contribution in [0.1, 0.15) is 15.9 Å². The van der Waals surface area contributed by atoms with Gasteiger partial charge in [-0.25, -0.2) is 17.9 Å². The Hall–Kier alpha value is -1.71. The van der Waals surface area contributed by atoms with Crippen LogP contribution in [0.5, 0.6) is 0 Å². The van der Waals surface area contributed by atoms with Gasteiger partial charge in [0.15, 0.2) is 0 Å². The average Bonchev–Trinajstić information content (AvgIpc) is 2.89. The molecule has 0 atom stereocenters. The Kier molecular flexibility index (Phi) is 4.21. The number of carbonyl (C=O) groups is 1. The molecule has 0 aliphatic heterocycles. The predicted molar refractivity (Wildman–Crippen MR) is 73.7 cm³/mol. The molecule has 0 saturated carbocycles. The number of carboxylic acid groups (broad SMARTS) is 1. The number of nitrogens with one attached hydrogen (secondary N) is 2. The second kappa shape index (κ2) is 5.73. The average molecular weight is 360 g/mol. The largest absolute Gasteiger partial charge is 0.478 e. The van der Waals surface area contributed by atoms with Gasteiger partial charge in [0.2, 0.25) is 10.0 Å². The zero-order valence-corrected chi connectivity index (χ0v) is 12.4. The van der Waals surface area contributed by atoms with Crippen LogP contribution in [0.4, 0.5) is 0 Å². The van der Waals surface area contributed by atoms with Crippen LogP contribution in [0.2, 0.25) is 0 Å². The molecular formula is C11H10BrN3O4S. The second-order valence-electron chi connectivity index (χ2n) is 3.88. The SMILES string of the molecule is O=C(O)c1cc(S(=O)(=O)NCc2cn[nH]c2)ccc1Br. The van der Waals surface area contributed by atoms with Gasteiger partial charge in [-0.2, -0.15) is 5.10 Å². The number of carboxylic acids is 1. The van der Waals surface area contributed by atoms with Crippen LogP contribution in [-0.2, 0) is 16.6 Å². The van der Waals surface area contributed by atoms with E-state index in [-0.39, 0.29) is 17.0 Å². The van der Waals surface area contributed by atoms with Crippen molar-refractivity contribution in [1.82, 2.24) is 14.9 Å². The molecule has 0 saturated heterocycles. The summed E-state index contributed by atoms with van der Waals surface area (Å²) in [6, 6.07) is 3.81. The van der Waals surface area contributed by atoms with E-state index in [0.717, 1.165) is 6.07 Å². The maximum absolute atomic E-state index is 12.1. The minimum atomic E-state index is -3.78. The molecule has 20 heavy (non-hydrogen) atoms. The normalized spacial score (nSPS) is 11.4. The maximum atomic E-state index is 12.1. The highest BCUT2D eigenvalue weighted by Gasteiger charge is 2.18. The lowest BCUT2D eigenvalue weighted by molar-refractivity contribution is 0.0695. The zero-order valence-electron chi connectivity index (χ0n) is 10.00. The van der Waals surface area contributed by atoms with Gasteiger partial charge in [-0.3, -0.25) is 5.10 Å². The third-order valence-corrected chi connectivity index (χ3v) is 4.59. The molecule has 0 aliphatic rings. The lowest BCUT2D eigenvalue weighted by Crippen LogP contribution is -2.23. The summed E-state index contributed by atoms with van der Waals surface area (Å²) in [5, 5.41) is 15.2. The minimum Gasteiger partial charge on any atom is -0.478 e. The van der Waals surface area contributed by atoms with Gasteiger partial charge in [0.1, 0.15) is 0 Å². The highest BCUT2D eigenvalue weighted by atomic mass is 79.9. The van der Waals surface area contributed by atoms with E-state index in [1.165, 1.54) is 18.3 Å². The van der Waals surface area contributed by atoms with Crippen LogP contribution in [-0.4, -0.2) is 29.7 Å². The molecule has 2 rings (SSSR count). The summed E-state index contributed by atoms with van der Waals surface area (Å²) in [6.45, 7) is 0.0668. The lowest BCUT2D eigenvalue weighted by Gasteiger charge is -2.07. The summed E-state index contributed by atoms with van der Waals surface area (Å²) in [7, 11) is -3.78. The number of benzene rings is 1. The first-order chi connectivity index (χ1) is 9.40. The van der Waals surface area contributed by atoms with Crippen LogP contribution in [0.25, 0.3) is 0 Å². The molecule has 0 aliphatic carbocycles. The fraction of sp³-hybridized carbons (Fsp3) is 0.0909. The topological polar surface area (TPSA) is 112 Å². The third-order valence-electron chi connectivity index (χ3n) is 2.50. The van der Waals surface area contributed by atoms with Crippen molar-refractivity contribution in [3.05, 3.63) is 46.2 Å². The Bertz CT molecular complexity index is 728. The first-order valence-corrected chi connectivity index (χ1v) is 7.68. The summed E-state index contributed by atoms with van der Waals surface area (Å²) in [5.74, 6) is -1.20. The molecule has 0 bridgehead atoms. The molecular weight excluding hydrogens is 350 g/mol. The Morgan fingerprint density at radius 3 is 2.80 bits per heavy atom. The number of aromatic nitrogens is 2. The van der Waals surface area contributed by atoms with E-state index < -0.39 is 16.0 Å². The standard InChI is InChI=1S/C11H10BrN3O4S/c12-10-2-1-8(3-9(10)11(16)17)20(18,19)15-6-7-4-13-14-5-7/h1-5,15H,6H2,(H,13,14)(H,16,17). The number of hydrogen-bond donors (Lipinski definition) is 3. The van der Waals surface area contributed by atoms with Crippen LogP contribution in [0.3, 0.4) is 0 Å². The van der Waals surface area contributed by atoms with Crippen LogP contribution in [0, 0.1) is 0 Å². The molecule has 3 N–H and O–H groups in total. The van der Waals surface area contributed by atoms with Crippen LogP contribution < -0.4 is 4.72 Å². The quantitative estimate of drug-likeness (QED) is 0.745. The fourth-order valence-corrected chi connectivity index (χ4v) is 2.93. The Morgan fingerprint density at radius 2 is 2.20 bits per heavy atom. The van der Waals surface area contributed by atoms with E-state index in [1.54, 1.807) is 6.20 Å². The Labute approximate surface area is 123 Å². The van der Waals surface area contributed by atoms with E-state index in [0.29, 0.717) is 10.0 Å². The first kappa shape index (κ1) is 14.7. The number of aromatic amines is 1. The van der Waals surface area contributed by atoms with Crippen LogP contribution in [0.15, 0.2) is 40.0 Å². The number of halogens is 1. The maximum Gasteiger partial charge on any atom is 0.336 e. The lowest BCUT2D eigenvalue weighted by atomic mass is 10.2. The summed E-state index contributed by atoms with van der Waals surface area (Å²) < 4.78 is 26.8. The summed E-state index contributed by atoms with van der Waals surface area (Å²) in [4.78, 5) is 10.9. The van der Waals surface area contributed by atoms with E-state index >= 15 is 0 Å². The molecule has 1 aromatic heterocycles. The van der Waals surface area contributed by atoms with Crippen molar-refractivity contribution < 1.29 is 18.3 Å². The number of aromatic carboxylic acids is 1. The van der Waals surface area contributed by atoms with E-state index in [9.17, 15) is 13.2 Å². The molecule has 0 radical (unpaired) electrons. The van der Waals surface area contributed by atoms with Gasteiger partial charge in [-0.1, -0.05) is 0 Å². The van der Waals surface area contributed by atoms with E-state index in [4.69, 9.17) is 5.11 Å². The van der Waals surface area contributed by atoms with E-state index in [1.807, 2.05) is 0 Å². The molecule has 0 amide bonds. The van der Waals surface area contributed by atoms with Crippen molar-refractivity contribution in [1.29, 1.82) is 0 Å².